The van der Waals surface area contributed by atoms with Gasteiger partial charge in [0.1, 0.15) is 12.2 Å². The summed E-state index contributed by atoms with van der Waals surface area (Å²) in [7, 11) is 2.92. The number of fused-ring (bicyclic) bond motifs is 2. The molecule has 4 heterocycles. The Hall–Kier alpha value is -4.99. The van der Waals surface area contributed by atoms with E-state index in [2.05, 4.69) is 61.8 Å². The molecule has 0 unspecified atom stereocenters. The van der Waals surface area contributed by atoms with Crippen LogP contribution in [0.25, 0.3) is 20.7 Å². The molecule has 0 saturated heterocycles. The predicted octanol–water partition coefficient (Wildman–Crippen LogP) is 3.34. The molecular formula is C27H29F3N12O4S2. The van der Waals surface area contributed by atoms with E-state index in [0.29, 0.717) is 62.7 Å². The second kappa shape index (κ2) is 15.7. The maximum atomic E-state index is 12.9. The van der Waals surface area contributed by atoms with Gasteiger partial charge in [0.2, 0.25) is 11.8 Å². The Balaban J connectivity index is 1.03. The van der Waals surface area contributed by atoms with Crippen LogP contribution in [0.5, 0.6) is 11.8 Å². The molecule has 0 saturated carbocycles. The van der Waals surface area contributed by atoms with Crippen LogP contribution in [0, 0.1) is 0 Å². The SMILES string of the molecule is COc1ncnc2sc(NC(=O)NCCNCc3nc(OC)c4nc(NC(=O)NCCNCc5cccc(C(F)(F)F)c5)sc4n3)nc12. The second-order valence-electron chi connectivity index (χ2n) is 9.69. The molecule has 0 bridgehead atoms. The summed E-state index contributed by atoms with van der Waals surface area (Å²) in [6.07, 6.45) is -3.05. The van der Waals surface area contributed by atoms with Crippen molar-refractivity contribution in [2.75, 3.05) is 51.0 Å². The lowest BCUT2D eigenvalue weighted by atomic mass is 10.1. The summed E-state index contributed by atoms with van der Waals surface area (Å²) < 4.78 is 49.2. The first-order valence-electron chi connectivity index (χ1n) is 14.2. The van der Waals surface area contributed by atoms with E-state index < -0.39 is 23.8 Å². The maximum absolute atomic E-state index is 12.9. The van der Waals surface area contributed by atoms with E-state index in [1.54, 1.807) is 6.07 Å². The fraction of sp³-hybridized carbons (Fsp3) is 0.333. The Morgan fingerprint density at radius 3 is 2.04 bits per heavy atom. The molecule has 16 nitrogen and oxygen atoms in total. The molecule has 5 rings (SSSR count). The average molecular weight is 707 g/mol. The van der Waals surface area contributed by atoms with Gasteiger partial charge in [-0.2, -0.15) is 23.1 Å². The molecule has 48 heavy (non-hydrogen) atoms. The minimum absolute atomic E-state index is 0.213. The molecule has 21 heteroatoms. The molecule has 4 amide bonds. The first-order chi connectivity index (χ1) is 23.1. The zero-order valence-electron chi connectivity index (χ0n) is 25.4. The standard InChI is InChI=1S/C27H29F3N12O4S2/c1-45-19-17-21(36-13-35-19)47-25(39-17)41-23(43)34-9-7-32-12-16-37-20(46-2)18-22(38-16)48-26(40-18)42-24(44)33-8-6-31-11-14-4-3-5-15(10-14)27(28,29)30/h3-5,10,13,31-32H,6-9,11-12H2,1-2H3,(H2,33,40,42,44)(H2,34,39,41,43). The number of ether oxygens (including phenoxy) is 2. The third kappa shape index (κ3) is 9.08. The van der Waals surface area contributed by atoms with Crippen molar-refractivity contribution in [3.05, 3.63) is 47.5 Å². The number of rotatable bonds is 14. The fourth-order valence-electron chi connectivity index (χ4n) is 4.15. The number of nitrogens with one attached hydrogen (secondary N) is 6. The van der Waals surface area contributed by atoms with Gasteiger partial charge in [0, 0.05) is 32.7 Å². The first-order valence-corrected chi connectivity index (χ1v) is 15.8. The summed E-state index contributed by atoms with van der Waals surface area (Å²) in [5.74, 6) is 0.968. The van der Waals surface area contributed by atoms with Crippen molar-refractivity contribution >= 4 is 65.7 Å². The van der Waals surface area contributed by atoms with Crippen LogP contribution in [-0.4, -0.2) is 82.4 Å². The first kappa shape index (κ1) is 34.3. The second-order valence-corrected chi connectivity index (χ2v) is 11.6. The van der Waals surface area contributed by atoms with Gasteiger partial charge in [-0.3, -0.25) is 10.6 Å². The summed E-state index contributed by atoms with van der Waals surface area (Å²) in [5.41, 5.74) is 0.603. The third-order valence-corrected chi connectivity index (χ3v) is 8.05. The normalized spacial score (nSPS) is 11.4. The Labute approximate surface area is 278 Å². The van der Waals surface area contributed by atoms with Gasteiger partial charge in [-0.15, -0.1) is 0 Å². The minimum atomic E-state index is -4.41. The Bertz CT molecular complexity index is 1890. The Morgan fingerprint density at radius 1 is 0.771 bits per heavy atom. The van der Waals surface area contributed by atoms with Crippen molar-refractivity contribution in [1.82, 2.24) is 51.2 Å². The van der Waals surface area contributed by atoms with Crippen molar-refractivity contribution < 1.29 is 32.2 Å². The van der Waals surface area contributed by atoms with Crippen LogP contribution in [0.2, 0.25) is 0 Å². The van der Waals surface area contributed by atoms with Gasteiger partial charge in [0.15, 0.2) is 31.0 Å². The van der Waals surface area contributed by atoms with E-state index >= 15 is 0 Å². The predicted molar refractivity (Wildman–Crippen MR) is 172 cm³/mol. The summed E-state index contributed by atoms with van der Waals surface area (Å²) in [4.78, 5) is 51.4. The van der Waals surface area contributed by atoms with Crippen molar-refractivity contribution in [3.63, 3.8) is 0 Å². The highest BCUT2D eigenvalue weighted by atomic mass is 32.1. The molecule has 1 aromatic carbocycles. The topological polar surface area (TPSA) is 202 Å². The molecule has 254 valence electrons. The lowest BCUT2D eigenvalue weighted by Crippen LogP contribution is -2.34. The summed E-state index contributed by atoms with van der Waals surface area (Å²) in [6, 6.07) is 4.08. The molecule has 0 radical (unpaired) electrons. The van der Waals surface area contributed by atoms with Gasteiger partial charge in [0.25, 0.3) is 0 Å². The molecule has 0 spiro atoms. The van der Waals surface area contributed by atoms with Crippen LogP contribution in [0.4, 0.5) is 33.0 Å². The highest BCUT2D eigenvalue weighted by Gasteiger charge is 2.30. The molecule has 0 aliphatic carbocycles. The zero-order chi connectivity index (χ0) is 34.1. The van der Waals surface area contributed by atoms with Crippen molar-refractivity contribution in [3.8, 4) is 11.8 Å². The lowest BCUT2D eigenvalue weighted by molar-refractivity contribution is -0.137. The summed E-state index contributed by atoms with van der Waals surface area (Å²) in [6.45, 7) is 1.72. The van der Waals surface area contributed by atoms with E-state index in [0.717, 1.165) is 23.5 Å². The molecule has 6 N–H and O–H groups in total. The number of hydrogen-bond acceptors (Lipinski definition) is 14. The minimum Gasteiger partial charge on any atom is -0.479 e. The highest BCUT2D eigenvalue weighted by Crippen LogP contribution is 2.31. The number of urea groups is 2. The van der Waals surface area contributed by atoms with E-state index in [1.807, 2.05) is 0 Å². The van der Waals surface area contributed by atoms with Gasteiger partial charge in [-0.1, -0.05) is 40.9 Å². The highest BCUT2D eigenvalue weighted by molar-refractivity contribution is 7.22. The van der Waals surface area contributed by atoms with Crippen LogP contribution in [0.3, 0.4) is 0 Å². The third-order valence-electron chi connectivity index (χ3n) is 6.30. The quantitative estimate of drug-likeness (QED) is 0.0922. The fourth-order valence-corrected chi connectivity index (χ4v) is 5.79. The van der Waals surface area contributed by atoms with E-state index in [9.17, 15) is 22.8 Å². The number of carbonyl (C=O) groups excluding carboxylic acids is 2. The monoisotopic (exact) mass is 706 g/mol. The molecule has 0 aliphatic rings. The van der Waals surface area contributed by atoms with Crippen molar-refractivity contribution in [2.45, 2.75) is 19.3 Å². The van der Waals surface area contributed by atoms with Gasteiger partial charge < -0.3 is 30.7 Å². The Morgan fingerprint density at radius 2 is 1.40 bits per heavy atom. The number of halogens is 3. The van der Waals surface area contributed by atoms with E-state index in [4.69, 9.17) is 9.47 Å². The largest absolute Gasteiger partial charge is 0.479 e. The average Bonchev–Trinajstić information content (AvgIpc) is 3.66. The van der Waals surface area contributed by atoms with E-state index in [-0.39, 0.29) is 30.6 Å². The zero-order valence-corrected chi connectivity index (χ0v) is 27.0. The maximum Gasteiger partial charge on any atom is 0.416 e. The van der Waals surface area contributed by atoms with Crippen molar-refractivity contribution in [2.24, 2.45) is 0 Å². The molecule has 0 aliphatic heterocycles. The number of carbonyl (C=O) groups is 2. The van der Waals surface area contributed by atoms with Gasteiger partial charge >= 0.3 is 18.2 Å². The smallest absolute Gasteiger partial charge is 0.416 e. The van der Waals surface area contributed by atoms with Crippen LogP contribution >= 0.6 is 22.7 Å². The number of nitrogens with zero attached hydrogens (tertiary/aromatic N) is 6. The van der Waals surface area contributed by atoms with Crippen molar-refractivity contribution in [1.29, 1.82) is 0 Å². The number of aromatic nitrogens is 6. The van der Waals surface area contributed by atoms with Gasteiger partial charge in [0.05, 0.1) is 26.3 Å². The number of alkyl halides is 3. The number of thiazole rings is 2. The van der Waals surface area contributed by atoms with Gasteiger partial charge in [-0.25, -0.2) is 29.5 Å². The molecule has 5 aromatic rings. The molecular weight excluding hydrogens is 678 g/mol. The van der Waals surface area contributed by atoms with Crippen LogP contribution in [-0.2, 0) is 19.3 Å². The number of amides is 4. The van der Waals surface area contributed by atoms with Crippen LogP contribution in [0.15, 0.2) is 30.6 Å². The van der Waals surface area contributed by atoms with E-state index in [1.165, 1.54) is 38.0 Å². The number of anilines is 2. The summed E-state index contributed by atoms with van der Waals surface area (Å²) in [5, 5.41) is 17.4. The summed E-state index contributed by atoms with van der Waals surface area (Å²) >= 11 is 2.32. The number of methoxy groups -OCH3 is 2. The van der Waals surface area contributed by atoms with Gasteiger partial charge in [-0.05, 0) is 11.6 Å². The number of hydrogen-bond donors (Lipinski definition) is 6. The number of benzene rings is 1. The van der Waals surface area contributed by atoms with Crippen LogP contribution < -0.4 is 41.4 Å². The molecule has 0 fully saturated rings. The van der Waals surface area contributed by atoms with Crippen LogP contribution in [0.1, 0.15) is 17.0 Å². The Kier molecular flexibility index (Phi) is 11.3. The molecule has 4 aromatic heterocycles. The lowest BCUT2D eigenvalue weighted by Gasteiger charge is -2.10. The molecule has 0 atom stereocenters.